The van der Waals surface area contributed by atoms with E-state index in [1.54, 1.807) is 6.92 Å². The molecule has 2 atom stereocenters. The molecule has 2 nitrogen and oxygen atoms in total. The van der Waals surface area contributed by atoms with Crippen molar-refractivity contribution in [1.29, 1.82) is 0 Å². The molecular weight excluding hydrogens is 246 g/mol. The van der Waals surface area contributed by atoms with Crippen LogP contribution in [0.5, 0.6) is 0 Å². The smallest absolute Gasteiger partial charge is 0.146 e. The number of nitrogens with one attached hydrogen (secondary N) is 1. The number of anilines is 1. The lowest BCUT2D eigenvalue weighted by molar-refractivity contribution is 0.284. The molecule has 1 aliphatic heterocycles. The van der Waals surface area contributed by atoms with Crippen molar-refractivity contribution < 1.29 is 8.78 Å². The second kappa shape index (κ2) is 5.08. The van der Waals surface area contributed by atoms with Gasteiger partial charge in [0.05, 0.1) is 5.69 Å². The Labute approximate surface area is 113 Å². The van der Waals surface area contributed by atoms with Crippen LogP contribution in [0, 0.1) is 18.6 Å². The van der Waals surface area contributed by atoms with Gasteiger partial charge in [0.2, 0.25) is 0 Å². The summed E-state index contributed by atoms with van der Waals surface area (Å²) in [5.41, 5.74) is 0.666. The predicted octanol–water partition coefficient (Wildman–Crippen LogP) is 3.24. The number of halogens is 2. The number of hydrogen-bond donors (Lipinski definition) is 1. The maximum absolute atomic E-state index is 14.1. The third-order valence-electron chi connectivity index (χ3n) is 4.19. The number of rotatable bonds is 2. The van der Waals surface area contributed by atoms with Crippen molar-refractivity contribution >= 4 is 5.69 Å². The van der Waals surface area contributed by atoms with Crippen LogP contribution in [0.4, 0.5) is 14.5 Å². The first kappa shape index (κ1) is 14.3. The summed E-state index contributed by atoms with van der Waals surface area (Å²) >= 11 is 0. The molecule has 0 bridgehead atoms. The minimum Gasteiger partial charge on any atom is -0.363 e. The molecule has 0 aliphatic carbocycles. The SMILES string of the molecule is CCC1(C)CN(c2cc(F)c(C)cc2F)C(C)CN1. The summed E-state index contributed by atoms with van der Waals surface area (Å²) in [6, 6.07) is 2.75. The van der Waals surface area contributed by atoms with Crippen LogP contribution < -0.4 is 10.2 Å². The lowest BCUT2D eigenvalue weighted by Crippen LogP contribution is -2.62. The normalized spacial score (nSPS) is 27.7. The van der Waals surface area contributed by atoms with Gasteiger partial charge in [-0.3, -0.25) is 0 Å². The molecule has 1 aliphatic rings. The van der Waals surface area contributed by atoms with Crippen LogP contribution >= 0.6 is 0 Å². The standard InChI is InChI=1S/C15H22F2N2/c1-5-15(4)9-19(11(3)8-18-15)14-7-12(16)10(2)6-13(14)17/h6-7,11,18H,5,8-9H2,1-4H3. The van der Waals surface area contributed by atoms with Crippen molar-refractivity contribution in [2.45, 2.75) is 45.7 Å². The molecule has 1 N–H and O–H groups in total. The van der Waals surface area contributed by atoms with Crippen molar-refractivity contribution in [1.82, 2.24) is 5.32 Å². The quantitative estimate of drug-likeness (QED) is 0.886. The Morgan fingerprint density at radius 1 is 1.37 bits per heavy atom. The monoisotopic (exact) mass is 268 g/mol. The zero-order valence-corrected chi connectivity index (χ0v) is 12.1. The van der Waals surface area contributed by atoms with Gasteiger partial charge in [-0.25, -0.2) is 8.78 Å². The van der Waals surface area contributed by atoms with Gasteiger partial charge in [0.15, 0.2) is 0 Å². The van der Waals surface area contributed by atoms with Crippen LogP contribution in [0.25, 0.3) is 0 Å². The summed E-state index contributed by atoms with van der Waals surface area (Å²) in [6.45, 7) is 9.30. The van der Waals surface area contributed by atoms with Crippen LogP contribution in [0.3, 0.4) is 0 Å². The fourth-order valence-corrected chi connectivity index (χ4v) is 2.51. The van der Waals surface area contributed by atoms with E-state index in [-0.39, 0.29) is 23.2 Å². The lowest BCUT2D eigenvalue weighted by Gasteiger charge is -2.46. The van der Waals surface area contributed by atoms with E-state index in [1.165, 1.54) is 12.1 Å². The topological polar surface area (TPSA) is 15.3 Å². The van der Waals surface area contributed by atoms with Crippen LogP contribution in [0.2, 0.25) is 0 Å². The molecular formula is C15H22F2N2. The summed E-state index contributed by atoms with van der Waals surface area (Å²) in [4.78, 5) is 1.97. The second-order valence-electron chi connectivity index (χ2n) is 5.82. The summed E-state index contributed by atoms with van der Waals surface area (Å²) in [5.74, 6) is -0.688. The van der Waals surface area contributed by atoms with Crippen molar-refractivity contribution in [2.24, 2.45) is 0 Å². The van der Waals surface area contributed by atoms with E-state index in [9.17, 15) is 8.78 Å². The van der Waals surface area contributed by atoms with E-state index in [0.717, 1.165) is 13.0 Å². The zero-order valence-electron chi connectivity index (χ0n) is 12.1. The first-order valence-electron chi connectivity index (χ1n) is 6.83. The number of hydrogen-bond acceptors (Lipinski definition) is 2. The molecule has 1 aromatic carbocycles. The second-order valence-corrected chi connectivity index (χ2v) is 5.82. The van der Waals surface area contributed by atoms with E-state index in [2.05, 4.69) is 19.2 Å². The largest absolute Gasteiger partial charge is 0.363 e. The first-order valence-corrected chi connectivity index (χ1v) is 6.83. The van der Waals surface area contributed by atoms with E-state index >= 15 is 0 Å². The average molecular weight is 268 g/mol. The van der Waals surface area contributed by atoms with Gasteiger partial charge in [0.25, 0.3) is 0 Å². The number of piperazine rings is 1. The Hall–Kier alpha value is -1.16. The molecule has 19 heavy (non-hydrogen) atoms. The van der Waals surface area contributed by atoms with Gasteiger partial charge in [0, 0.05) is 30.7 Å². The van der Waals surface area contributed by atoms with Gasteiger partial charge in [0.1, 0.15) is 11.6 Å². The van der Waals surface area contributed by atoms with Gasteiger partial charge in [-0.1, -0.05) is 6.92 Å². The average Bonchev–Trinajstić information content (AvgIpc) is 2.37. The molecule has 0 saturated carbocycles. The Kier molecular flexibility index (Phi) is 3.81. The van der Waals surface area contributed by atoms with Gasteiger partial charge in [-0.2, -0.15) is 0 Å². The van der Waals surface area contributed by atoms with E-state index in [0.29, 0.717) is 17.8 Å². The molecule has 0 radical (unpaired) electrons. The maximum Gasteiger partial charge on any atom is 0.146 e. The maximum atomic E-state index is 14.1. The van der Waals surface area contributed by atoms with Crippen LogP contribution in [0.1, 0.15) is 32.8 Å². The molecule has 0 spiro atoms. The highest BCUT2D eigenvalue weighted by molar-refractivity contribution is 5.51. The molecule has 106 valence electrons. The van der Waals surface area contributed by atoms with Gasteiger partial charge in [-0.05, 0) is 38.8 Å². The van der Waals surface area contributed by atoms with Crippen molar-refractivity contribution in [2.75, 3.05) is 18.0 Å². The van der Waals surface area contributed by atoms with Crippen LogP contribution in [0.15, 0.2) is 12.1 Å². The minimum absolute atomic E-state index is 0.0552. The number of benzene rings is 1. The van der Waals surface area contributed by atoms with Gasteiger partial charge < -0.3 is 10.2 Å². The number of nitrogens with zero attached hydrogens (tertiary/aromatic N) is 1. The molecule has 2 rings (SSSR count). The fraction of sp³-hybridized carbons (Fsp3) is 0.600. The Morgan fingerprint density at radius 2 is 2.05 bits per heavy atom. The number of aryl methyl sites for hydroxylation is 1. The Bertz CT molecular complexity index is 475. The lowest BCUT2D eigenvalue weighted by atomic mass is 9.93. The molecule has 0 amide bonds. The van der Waals surface area contributed by atoms with Crippen molar-refractivity contribution in [3.05, 3.63) is 29.3 Å². The molecule has 4 heteroatoms. The Morgan fingerprint density at radius 3 is 2.68 bits per heavy atom. The van der Waals surface area contributed by atoms with E-state index in [4.69, 9.17) is 0 Å². The highest BCUT2D eigenvalue weighted by Crippen LogP contribution is 2.29. The summed E-state index contributed by atoms with van der Waals surface area (Å²) < 4.78 is 27.8. The van der Waals surface area contributed by atoms with E-state index < -0.39 is 0 Å². The molecule has 2 unspecified atom stereocenters. The molecule has 1 saturated heterocycles. The summed E-state index contributed by atoms with van der Waals surface area (Å²) in [5, 5.41) is 3.48. The highest BCUT2D eigenvalue weighted by Gasteiger charge is 2.33. The van der Waals surface area contributed by atoms with Crippen molar-refractivity contribution in [3.63, 3.8) is 0 Å². The fourth-order valence-electron chi connectivity index (χ4n) is 2.51. The van der Waals surface area contributed by atoms with Crippen LogP contribution in [-0.2, 0) is 0 Å². The predicted molar refractivity (Wildman–Crippen MR) is 74.6 cm³/mol. The van der Waals surface area contributed by atoms with Crippen LogP contribution in [-0.4, -0.2) is 24.7 Å². The van der Waals surface area contributed by atoms with Gasteiger partial charge >= 0.3 is 0 Å². The Balaban J connectivity index is 2.36. The minimum atomic E-state index is -0.347. The van der Waals surface area contributed by atoms with E-state index in [1.807, 2.05) is 11.8 Å². The van der Waals surface area contributed by atoms with Gasteiger partial charge in [-0.15, -0.1) is 0 Å². The summed E-state index contributed by atoms with van der Waals surface area (Å²) in [7, 11) is 0. The molecule has 1 fully saturated rings. The van der Waals surface area contributed by atoms with Crippen molar-refractivity contribution in [3.8, 4) is 0 Å². The zero-order chi connectivity index (χ0) is 14.2. The highest BCUT2D eigenvalue weighted by atomic mass is 19.1. The molecule has 0 aromatic heterocycles. The first-order chi connectivity index (χ1) is 8.86. The third-order valence-corrected chi connectivity index (χ3v) is 4.19. The third kappa shape index (κ3) is 2.73. The molecule has 1 heterocycles. The molecule has 1 aromatic rings. The summed E-state index contributed by atoms with van der Waals surface area (Å²) in [6.07, 6.45) is 0.951.